The third kappa shape index (κ3) is 3.71. The molecule has 1 aromatic rings. The second-order valence-corrected chi connectivity index (χ2v) is 5.86. The molecule has 106 valence electrons. The first-order valence-corrected chi connectivity index (χ1v) is 7.51. The molecular weight excluding hydrogens is 262 g/mol. The number of hydrogen-bond acceptors (Lipinski definition) is 7. The highest BCUT2D eigenvalue weighted by Gasteiger charge is 2.21. The van der Waals surface area contributed by atoms with Crippen molar-refractivity contribution in [3.63, 3.8) is 0 Å². The van der Waals surface area contributed by atoms with E-state index in [1.165, 1.54) is 6.42 Å². The number of nitrogen functional groups attached to an aromatic ring is 1. The van der Waals surface area contributed by atoms with Crippen molar-refractivity contribution in [1.29, 1.82) is 0 Å². The molecule has 3 N–H and O–H groups in total. The summed E-state index contributed by atoms with van der Waals surface area (Å²) in [6.07, 6.45) is 1.18. The summed E-state index contributed by atoms with van der Waals surface area (Å²) in [5.74, 6) is 8.80. The SMILES string of the molecule is CCC1CN(c2cc(NN)nc(COC)n2)CCS1. The first-order chi connectivity index (χ1) is 9.26. The Morgan fingerprint density at radius 3 is 3.11 bits per heavy atom. The predicted molar refractivity (Wildman–Crippen MR) is 79.3 cm³/mol. The minimum Gasteiger partial charge on any atom is -0.377 e. The molecule has 0 aromatic carbocycles. The first kappa shape index (κ1) is 14.4. The summed E-state index contributed by atoms with van der Waals surface area (Å²) in [5.41, 5.74) is 2.59. The van der Waals surface area contributed by atoms with Crippen LogP contribution in [0, 0.1) is 0 Å². The number of aromatic nitrogens is 2. The fraction of sp³-hybridized carbons (Fsp3) is 0.667. The van der Waals surface area contributed by atoms with Crippen LogP contribution < -0.4 is 16.2 Å². The van der Waals surface area contributed by atoms with E-state index in [9.17, 15) is 0 Å². The van der Waals surface area contributed by atoms with Gasteiger partial charge in [-0.1, -0.05) is 6.92 Å². The number of nitrogens with two attached hydrogens (primary N) is 1. The fourth-order valence-corrected chi connectivity index (χ4v) is 3.27. The Morgan fingerprint density at radius 1 is 1.58 bits per heavy atom. The molecule has 0 radical (unpaired) electrons. The molecule has 6 nitrogen and oxygen atoms in total. The molecule has 0 spiro atoms. The Labute approximate surface area is 118 Å². The summed E-state index contributed by atoms with van der Waals surface area (Å²) >= 11 is 2.04. The topological polar surface area (TPSA) is 76.3 Å². The van der Waals surface area contributed by atoms with Gasteiger partial charge in [0.15, 0.2) is 5.82 Å². The lowest BCUT2D eigenvalue weighted by Gasteiger charge is -2.33. The quantitative estimate of drug-likeness (QED) is 0.622. The van der Waals surface area contributed by atoms with Gasteiger partial charge in [0.25, 0.3) is 0 Å². The molecule has 2 rings (SSSR count). The number of ether oxygens (including phenoxy) is 1. The zero-order chi connectivity index (χ0) is 13.7. The number of nitrogens with one attached hydrogen (secondary N) is 1. The van der Waals surface area contributed by atoms with Gasteiger partial charge in [0, 0.05) is 37.3 Å². The van der Waals surface area contributed by atoms with Gasteiger partial charge < -0.3 is 15.1 Å². The molecule has 0 amide bonds. The van der Waals surface area contributed by atoms with Gasteiger partial charge in [-0.3, -0.25) is 0 Å². The molecule has 1 fully saturated rings. The number of hydrogen-bond donors (Lipinski definition) is 2. The van der Waals surface area contributed by atoms with Crippen molar-refractivity contribution < 1.29 is 4.74 Å². The second-order valence-electron chi connectivity index (χ2n) is 4.45. The van der Waals surface area contributed by atoms with Crippen LogP contribution in [-0.2, 0) is 11.3 Å². The zero-order valence-electron chi connectivity index (χ0n) is 11.4. The highest BCUT2D eigenvalue weighted by molar-refractivity contribution is 8.00. The van der Waals surface area contributed by atoms with Gasteiger partial charge in [0.2, 0.25) is 0 Å². The van der Waals surface area contributed by atoms with Crippen LogP contribution in [0.4, 0.5) is 11.6 Å². The number of hydrazine groups is 1. The molecule has 1 atom stereocenters. The van der Waals surface area contributed by atoms with Gasteiger partial charge in [-0.15, -0.1) is 0 Å². The van der Waals surface area contributed by atoms with E-state index in [0.717, 1.165) is 24.7 Å². The largest absolute Gasteiger partial charge is 0.377 e. The predicted octanol–water partition coefficient (Wildman–Crippen LogP) is 1.24. The van der Waals surface area contributed by atoms with Crippen LogP contribution in [0.3, 0.4) is 0 Å². The van der Waals surface area contributed by atoms with E-state index < -0.39 is 0 Å². The van der Waals surface area contributed by atoms with Gasteiger partial charge in [-0.25, -0.2) is 15.8 Å². The van der Waals surface area contributed by atoms with E-state index >= 15 is 0 Å². The third-order valence-corrected chi connectivity index (χ3v) is 4.47. The summed E-state index contributed by atoms with van der Waals surface area (Å²) in [6.45, 7) is 4.65. The fourth-order valence-electron chi connectivity index (χ4n) is 2.09. The van der Waals surface area contributed by atoms with Gasteiger partial charge >= 0.3 is 0 Å². The molecular formula is C12H21N5OS. The zero-order valence-corrected chi connectivity index (χ0v) is 12.2. The van der Waals surface area contributed by atoms with E-state index in [4.69, 9.17) is 10.6 Å². The molecule has 0 saturated carbocycles. The van der Waals surface area contributed by atoms with Crippen LogP contribution in [0.25, 0.3) is 0 Å². The number of anilines is 2. The van der Waals surface area contributed by atoms with Crippen LogP contribution in [-0.4, -0.2) is 41.2 Å². The highest BCUT2D eigenvalue weighted by Crippen LogP contribution is 2.25. The van der Waals surface area contributed by atoms with Crippen molar-refractivity contribution in [2.24, 2.45) is 5.84 Å². The molecule has 19 heavy (non-hydrogen) atoms. The molecule has 1 aliphatic rings. The minimum atomic E-state index is 0.391. The molecule has 1 aromatic heterocycles. The van der Waals surface area contributed by atoms with Crippen molar-refractivity contribution in [3.05, 3.63) is 11.9 Å². The molecule has 0 aliphatic carbocycles. The Morgan fingerprint density at radius 2 is 2.42 bits per heavy atom. The Kier molecular flexibility index (Phi) is 5.24. The molecule has 1 aliphatic heterocycles. The summed E-state index contributed by atoms with van der Waals surface area (Å²) < 4.78 is 5.10. The standard InChI is InChI=1S/C12H21N5OS/c1-3-9-7-17(4-5-19-9)12-6-10(16-13)14-11(15-12)8-18-2/h6,9H,3-5,7-8,13H2,1-2H3,(H,14,15,16). The van der Waals surface area contributed by atoms with Crippen LogP contribution in [0.2, 0.25) is 0 Å². The van der Waals surface area contributed by atoms with Crippen molar-refractivity contribution in [1.82, 2.24) is 9.97 Å². The first-order valence-electron chi connectivity index (χ1n) is 6.46. The Bertz CT molecular complexity index is 417. The number of rotatable bonds is 5. The summed E-state index contributed by atoms with van der Waals surface area (Å²) in [5, 5.41) is 0.670. The highest BCUT2D eigenvalue weighted by atomic mass is 32.2. The Balaban J connectivity index is 2.19. The number of nitrogens with zero attached hydrogens (tertiary/aromatic N) is 3. The van der Waals surface area contributed by atoms with E-state index in [1.807, 2.05) is 17.8 Å². The van der Waals surface area contributed by atoms with Gasteiger partial charge in [-0.05, 0) is 6.42 Å². The van der Waals surface area contributed by atoms with Crippen LogP contribution >= 0.6 is 11.8 Å². The Hall–Kier alpha value is -1.05. The smallest absolute Gasteiger partial charge is 0.158 e. The van der Waals surface area contributed by atoms with E-state index in [2.05, 4.69) is 27.2 Å². The summed E-state index contributed by atoms with van der Waals surface area (Å²) in [6, 6.07) is 1.89. The molecule has 0 bridgehead atoms. The maximum absolute atomic E-state index is 5.46. The molecule has 1 saturated heterocycles. The van der Waals surface area contributed by atoms with E-state index in [0.29, 0.717) is 23.5 Å². The average molecular weight is 283 g/mol. The molecule has 7 heteroatoms. The molecule has 2 heterocycles. The lowest BCUT2D eigenvalue weighted by atomic mass is 10.3. The third-order valence-electron chi connectivity index (χ3n) is 3.10. The summed E-state index contributed by atoms with van der Waals surface area (Å²) in [7, 11) is 1.64. The van der Waals surface area contributed by atoms with Crippen molar-refractivity contribution in [2.45, 2.75) is 25.2 Å². The van der Waals surface area contributed by atoms with Crippen molar-refractivity contribution in [2.75, 3.05) is 36.3 Å². The van der Waals surface area contributed by atoms with Gasteiger partial charge in [0.05, 0.1) is 0 Å². The summed E-state index contributed by atoms with van der Waals surface area (Å²) in [4.78, 5) is 11.1. The van der Waals surface area contributed by atoms with Crippen LogP contribution in [0.15, 0.2) is 6.07 Å². The van der Waals surface area contributed by atoms with Crippen molar-refractivity contribution >= 4 is 23.4 Å². The maximum atomic E-state index is 5.46. The number of methoxy groups -OCH3 is 1. The lowest BCUT2D eigenvalue weighted by Crippen LogP contribution is -2.38. The lowest BCUT2D eigenvalue weighted by molar-refractivity contribution is 0.178. The normalized spacial score (nSPS) is 19.5. The maximum Gasteiger partial charge on any atom is 0.158 e. The van der Waals surface area contributed by atoms with E-state index in [-0.39, 0.29) is 0 Å². The second kappa shape index (κ2) is 6.93. The van der Waals surface area contributed by atoms with E-state index in [1.54, 1.807) is 7.11 Å². The van der Waals surface area contributed by atoms with Gasteiger partial charge in [-0.2, -0.15) is 11.8 Å². The van der Waals surface area contributed by atoms with Crippen LogP contribution in [0.1, 0.15) is 19.2 Å². The minimum absolute atomic E-state index is 0.391. The average Bonchev–Trinajstić information content (AvgIpc) is 2.47. The molecule has 1 unspecified atom stereocenters. The van der Waals surface area contributed by atoms with Gasteiger partial charge in [0.1, 0.15) is 18.2 Å². The monoisotopic (exact) mass is 283 g/mol. The van der Waals surface area contributed by atoms with Crippen molar-refractivity contribution in [3.8, 4) is 0 Å². The van der Waals surface area contributed by atoms with Crippen LogP contribution in [0.5, 0.6) is 0 Å². The number of thioether (sulfide) groups is 1.